The first-order valence-corrected chi connectivity index (χ1v) is 10.2. The molecule has 2 aliphatic rings. The fourth-order valence-corrected chi connectivity index (χ4v) is 4.88. The summed E-state index contributed by atoms with van der Waals surface area (Å²) >= 11 is 0. The lowest BCUT2D eigenvalue weighted by Gasteiger charge is -2.24. The van der Waals surface area contributed by atoms with Gasteiger partial charge in [-0.05, 0) is 43.0 Å². The molecule has 2 aromatic carbocycles. The van der Waals surface area contributed by atoms with Crippen molar-refractivity contribution in [3.05, 3.63) is 71.6 Å². The average molecular weight is 402 g/mol. The molecule has 2 atom stereocenters. The van der Waals surface area contributed by atoms with Gasteiger partial charge in [-0.15, -0.1) is 0 Å². The zero-order valence-corrected chi connectivity index (χ0v) is 16.5. The van der Waals surface area contributed by atoms with Crippen molar-refractivity contribution >= 4 is 11.8 Å². The maximum atomic E-state index is 13.1. The van der Waals surface area contributed by atoms with E-state index in [2.05, 4.69) is 5.16 Å². The first-order valence-electron chi connectivity index (χ1n) is 10.2. The summed E-state index contributed by atoms with van der Waals surface area (Å²) < 4.78 is 5.73. The molecule has 0 spiro atoms. The third-order valence-electron chi connectivity index (χ3n) is 6.46. The molecule has 0 unspecified atom stereocenters. The van der Waals surface area contributed by atoms with Gasteiger partial charge < -0.3 is 15.2 Å². The van der Waals surface area contributed by atoms with Crippen molar-refractivity contribution < 1.29 is 14.1 Å². The Morgan fingerprint density at radius 1 is 1.07 bits per heavy atom. The second-order valence-electron chi connectivity index (χ2n) is 8.16. The van der Waals surface area contributed by atoms with Crippen LogP contribution in [0.3, 0.4) is 0 Å². The van der Waals surface area contributed by atoms with Crippen molar-refractivity contribution in [1.82, 2.24) is 15.0 Å². The molecular formula is C23H22N4O3. The fourth-order valence-electron chi connectivity index (χ4n) is 4.88. The highest BCUT2D eigenvalue weighted by Crippen LogP contribution is 2.50. The summed E-state index contributed by atoms with van der Waals surface area (Å²) in [4.78, 5) is 31.0. The number of rotatable bonds is 4. The van der Waals surface area contributed by atoms with Crippen LogP contribution in [0.2, 0.25) is 0 Å². The largest absolute Gasteiger partial charge is 0.366 e. The first-order chi connectivity index (χ1) is 14.6. The quantitative estimate of drug-likeness (QED) is 0.723. The van der Waals surface area contributed by atoms with Crippen LogP contribution in [0.4, 0.5) is 0 Å². The van der Waals surface area contributed by atoms with Gasteiger partial charge in [-0.25, -0.2) is 0 Å². The molecular weight excluding hydrogens is 380 g/mol. The molecule has 30 heavy (non-hydrogen) atoms. The molecule has 1 aromatic heterocycles. The Hall–Kier alpha value is -3.48. The number of hydrogen-bond acceptors (Lipinski definition) is 5. The predicted octanol–water partition coefficient (Wildman–Crippen LogP) is 3.03. The molecule has 2 heterocycles. The topological polar surface area (TPSA) is 102 Å². The molecule has 0 bridgehead atoms. The van der Waals surface area contributed by atoms with Crippen LogP contribution in [0.5, 0.6) is 0 Å². The van der Waals surface area contributed by atoms with Crippen molar-refractivity contribution in [2.24, 2.45) is 11.7 Å². The lowest BCUT2D eigenvalue weighted by Crippen LogP contribution is -2.35. The highest BCUT2D eigenvalue weighted by atomic mass is 16.5. The Balaban J connectivity index is 1.40. The molecule has 5 rings (SSSR count). The Bertz CT molecular complexity index is 1090. The zero-order chi connectivity index (χ0) is 20.7. The van der Waals surface area contributed by atoms with Gasteiger partial charge in [0, 0.05) is 29.8 Å². The van der Waals surface area contributed by atoms with Gasteiger partial charge in [0.25, 0.3) is 5.91 Å². The van der Waals surface area contributed by atoms with Crippen LogP contribution in [-0.4, -0.2) is 39.9 Å². The number of nitrogens with two attached hydrogens (primary N) is 1. The Morgan fingerprint density at radius 2 is 1.80 bits per heavy atom. The van der Waals surface area contributed by atoms with Crippen molar-refractivity contribution in [1.29, 1.82) is 0 Å². The molecule has 2 amide bonds. The first kappa shape index (κ1) is 18.5. The molecule has 7 heteroatoms. The summed E-state index contributed by atoms with van der Waals surface area (Å²) in [6.07, 6.45) is 3.05. The lowest BCUT2D eigenvalue weighted by atomic mass is 9.80. The van der Waals surface area contributed by atoms with Crippen molar-refractivity contribution in [3.63, 3.8) is 0 Å². The van der Waals surface area contributed by atoms with Gasteiger partial charge in [-0.3, -0.25) is 9.59 Å². The van der Waals surface area contributed by atoms with Crippen molar-refractivity contribution in [2.45, 2.75) is 24.7 Å². The van der Waals surface area contributed by atoms with Crippen molar-refractivity contribution in [2.75, 3.05) is 13.1 Å². The summed E-state index contributed by atoms with van der Waals surface area (Å²) in [6, 6.07) is 16.2. The molecule has 1 saturated heterocycles. The van der Waals surface area contributed by atoms with E-state index in [9.17, 15) is 9.59 Å². The van der Waals surface area contributed by atoms with Gasteiger partial charge >= 0.3 is 0 Å². The summed E-state index contributed by atoms with van der Waals surface area (Å²) in [6.45, 7) is 1.23. The second-order valence-corrected chi connectivity index (χ2v) is 8.16. The van der Waals surface area contributed by atoms with Crippen molar-refractivity contribution in [3.8, 4) is 11.4 Å². The molecule has 0 radical (unpaired) electrons. The van der Waals surface area contributed by atoms with Gasteiger partial charge in [0.15, 0.2) is 0 Å². The second kappa shape index (κ2) is 7.09. The number of amides is 2. The van der Waals surface area contributed by atoms with E-state index >= 15 is 0 Å². The number of benzene rings is 2. The predicted molar refractivity (Wildman–Crippen MR) is 110 cm³/mol. The molecule has 7 nitrogen and oxygen atoms in total. The van der Waals surface area contributed by atoms with E-state index in [0.717, 1.165) is 24.8 Å². The van der Waals surface area contributed by atoms with Gasteiger partial charge in [0.1, 0.15) is 0 Å². The Labute approximate surface area is 173 Å². The SMILES string of the molecule is NC(=O)c1ccc(C(=O)N2C[C@H]3CCC[C@@]3(c3nc(-c4ccccc4)no3)C2)cc1. The van der Waals surface area contributed by atoms with E-state index in [1.54, 1.807) is 24.3 Å². The number of carbonyl (C=O) groups excluding carboxylic acids is 2. The minimum absolute atomic E-state index is 0.0532. The summed E-state index contributed by atoms with van der Waals surface area (Å²) in [5, 5.41) is 4.21. The number of fused-ring (bicyclic) bond motifs is 1. The van der Waals surface area contributed by atoms with E-state index in [0.29, 0.717) is 41.8 Å². The Morgan fingerprint density at radius 3 is 2.53 bits per heavy atom. The van der Waals surface area contributed by atoms with Crippen LogP contribution >= 0.6 is 0 Å². The molecule has 1 aliphatic carbocycles. The molecule has 2 fully saturated rings. The van der Waals surface area contributed by atoms with Crippen LogP contribution in [0.1, 0.15) is 45.9 Å². The van der Waals surface area contributed by atoms with Crippen LogP contribution in [-0.2, 0) is 5.41 Å². The molecule has 152 valence electrons. The van der Waals surface area contributed by atoms with E-state index in [4.69, 9.17) is 15.2 Å². The van der Waals surface area contributed by atoms with Gasteiger partial charge in [0.05, 0.1) is 5.41 Å². The molecule has 1 saturated carbocycles. The van der Waals surface area contributed by atoms with Gasteiger partial charge in [-0.1, -0.05) is 41.9 Å². The number of likely N-dealkylation sites (tertiary alicyclic amines) is 1. The van der Waals surface area contributed by atoms with Gasteiger partial charge in [-0.2, -0.15) is 4.98 Å². The standard InChI is InChI=1S/C23H22N4O3/c24-19(28)15-8-10-17(11-9-15)21(29)27-13-18-7-4-12-23(18,14-27)22-25-20(26-30-22)16-5-2-1-3-6-16/h1-3,5-6,8-11,18H,4,7,12-14H2,(H2,24,28)/t18-,23-/m1/s1. The lowest BCUT2D eigenvalue weighted by molar-refractivity contribution is 0.0774. The number of carbonyl (C=O) groups is 2. The minimum Gasteiger partial charge on any atom is -0.366 e. The van der Waals surface area contributed by atoms with Crippen LogP contribution in [0.15, 0.2) is 59.1 Å². The average Bonchev–Trinajstić information content (AvgIpc) is 3.48. The van der Waals surface area contributed by atoms with Crippen LogP contribution in [0, 0.1) is 5.92 Å². The number of hydrogen-bond donors (Lipinski definition) is 1. The summed E-state index contributed by atoms with van der Waals surface area (Å²) in [5.74, 6) is 0.952. The minimum atomic E-state index is -0.505. The molecule has 1 aliphatic heterocycles. The highest BCUT2D eigenvalue weighted by molar-refractivity contribution is 5.97. The number of nitrogens with zero attached hydrogens (tertiary/aromatic N) is 3. The van der Waals surface area contributed by atoms with Crippen LogP contribution < -0.4 is 5.73 Å². The maximum Gasteiger partial charge on any atom is 0.253 e. The van der Waals surface area contributed by atoms with E-state index < -0.39 is 5.91 Å². The summed E-state index contributed by atoms with van der Waals surface area (Å²) in [7, 11) is 0. The maximum absolute atomic E-state index is 13.1. The third kappa shape index (κ3) is 2.98. The van der Waals surface area contributed by atoms with Gasteiger partial charge in [0.2, 0.25) is 17.6 Å². The van der Waals surface area contributed by atoms with Crippen LogP contribution in [0.25, 0.3) is 11.4 Å². The molecule has 2 N–H and O–H groups in total. The number of primary amides is 1. The fraction of sp³-hybridized carbons (Fsp3) is 0.304. The number of aromatic nitrogens is 2. The highest BCUT2D eigenvalue weighted by Gasteiger charge is 2.55. The monoisotopic (exact) mass is 402 g/mol. The molecule has 3 aromatic rings. The van der Waals surface area contributed by atoms with E-state index in [1.807, 2.05) is 35.2 Å². The van der Waals surface area contributed by atoms with E-state index in [1.165, 1.54) is 0 Å². The summed E-state index contributed by atoms with van der Waals surface area (Å²) in [5.41, 5.74) is 6.86. The van der Waals surface area contributed by atoms with E-state index in [-0.39, 0.29) is 11.3 Å². The smallest absolute Gasteiger partial charge is 0.253 e. The Kier molecular flexibility index (Phi) is 4.38. The normalized spacial score (nSPS) is 22.8. The zero-order valence-electron chi connectivity index (χ0n) is 16.5. The third-order valence-corrected chi connectivity index (χ3v) is 6.46.